The monoisotopic (exact) mass is 490 g/mol. The molecule has 0 aliphatic carbocycles. The molecule has 1 N–H and O–H groups in total. The summed E-state index contributed by atoms with van der Waals surface area (Å²) in [7, 11) is 0. The van der Waals surface area contributed by atoms with Crippen LogP contribution in [0.25, 0.3) is 17.5 Å². The number of benzene rings is 2. The zero-order valence-electron chi connectivity index (χ0n) is 18.5. The highest BCUT2D eigenvalue weighted by Crippen LogP contribution is 2.29. The van der Waals surface area contributed by atoms with E-state index in [9.17, 15) is 22.4 Å². The lowest BCUT2D eigenvalue weighted by Crippen LogP contribution is -2.08. The number of fused-ring (bicyclic) bond motifs is 1. The molecule has 1 aliphatic rings. The maximum atomic E-state index is 12.7. The standard InChI is InChI=1S/C24H22F4N4O3/c25-23(26)34-18-11-7-15(19(14-18)35-24(27)28)8-12-21(33)29-17-9-5-16(6-10-17)22-31-30-20-4-2-1-3-13-32(20)22/h5-12,14,23-24H,1-4,13H2,(H,29,33)/b12-8+. The number of ether oxygens (including phenoxy) is 2. The Bertz CT molecular complexity index is 1200. The lowest BCUT2D eigenvalue weighted by molar-refractivity contribution is -0.111. The third-order valence-corrected chi connectivity index (χ3v) is 5.36. The number of anilines is 1. The summed E-state index contributed by atoms with van der Waals surface area (Å²) < 4.78 is 60.9. The van der Waals surface area contributed by atoms with Crippen molar-refractivity contribution in [2.24, 2.45) is 0 Å². The predicted octanol–water partition coefficient (Wildman–Crippen LogP) is 5.53. The highest BCUT2D eigenvalue weighted by molar-refractivity contribution is 6.02. The maximum Gasteiger partial charge on any atom is 0.387 e. The number of hydrogen-bond donors (Lipinski definition) is 1. The van der Waals surface area contributed by atoms with Crippen molar-refractivity contribution in [3.05, 3.63) is 59.9 Å². The molecule has 2 heterocycles. The average molecular weight is 490 g/mol. The van der Waals surface area contributed by atoms with E-state index in [2.05, 4.69) is 29.6 Å². The van der Waals surface area contributed by atoms with Crippen LogP contribution >= 0.6 is 0 Å². The van der Waals surface area contributed by atoms with E-state index in [1.807, 2.05) is 12.1 Å². The summed E-state index contributed by atoms with van der Waals surface area (Å²) in [6.07, 6.45) is 6.58. The molecular formula is C24H22F4N4O3. The predicted molar refractivity (Wildman–Crippen MR) is 120 cm³/mol. The first-order valence-corrected chi connectivity index (χ1v) is 10.9. The summed E-state index contributed by atoms with van der Waals surface area (Å²) in [5.74, 6) is 0.486. The molecule has 3 aromatic rings. The number of alkyl halides is 4. The van der Waals surface area contributed by atoms with E-state index < -0.39 is 24.9 Å². The normalized spacial score (nSPS) is 13.7. The van der Waals surface area contributed by atoms with Crippen LogP contribution in [0, 0.1) is 0 Å². The van der Waals surface area contributed by atoms with Gasteiger partial charge in [-0.25, -0.2) is 0 Å². The molecule has 0 atom stereocenters. The number of hydrogen-bond acceptors (Lipinski definition) is 5. The number of carbonyl (C=O) groups is 1. The summed E-state index contributed by atoms with van der Waals surface area (Å²) in [5.41, 5.74) is 1.48. The second kappa shape index (κ2) is 11.0. The van der Waals surface area contributed by atoms with E-state index in [-0.39, 0.29) is 11.3 Å². The number of nitrogens with zero attached hydrogens (tertiary/aromatic N) is 3. The summed E-state index contributed by atoms with van der Waals surface area (Å²) in [4.78, 5) is 12.3. The van der Waals surface area contributed by atoms with Gasteiger partial charge < -0.3 is 19.4 Å². The van der Waals surface area contributed by atoms with Crippen LogP contribution in [0.1, 0.15) is 30.7 Å². The molecule has 184 valence electrons. The van der Waals surface area contributed by atoms with Gasteiger partial charge in [-0.3, -0.25) is 4.79 Å². The van der Waals surface area contributed by atoms with Crippen molar-refractivity contribution in [3.8, 4) is 22.9 Å². The Kier molecular flexibility index (Phi) is 7.64. The van der Waals surface area contributed by atoms with Crippen LogP contribution < -0.4 is 14.8 Å². The van der Waals surface area contributed by atoms with Crippen LogP contribution in [-0.2, 0) is 17.8 Å². The second-order valence-electron chi connectivity index (χ2n) is 7.76. The van der Waals surface area contributed by atoms with Gasteiger partial charge in [0.15, 0.2) is 5.82 Å². The fourth-order valence-electron chi connectivity index (χ4n) is 3.78. The van der Waals surface area contributed by atoms with Crippen molar-refractivity contribution >= 4 is 17.7 Å². The fraction of sp³-hybridized carbons (Fsp3) is 0.292. The summed E-state index contributed by atoms with van der Waals surface area (Å²) >= 11 is 0. The molecule has 1 aromatic heterocycles. The molecule has 0 spiro atoms. The Labute approximate surface area is 198 Å². The molecule has 0 unspecified atom stereocenters. The number of carbonyl (C=O) groups excluding carboxylic acids is 1. The number of aryl methyl sites for hydroxylation is 1. The highest BCUT2D eigenvalue weighted by atomic mass is 19.3. The molecular weight excluding hydrogens is 468 g/mol. The first-order chi connectivity index (χ1) is 16.9. The van der Waals surface area contributed by atoms with Crippen molar-refractivity contribution in [3.63, 3.8) is 0 Å². The van der Waals surface area contributed by atoms with E-state index in [0.29, 0.717) is 5.69 Å². The minimum Gasteiger partial charge on any atom is -0.435 e. The lowest BCUT2D eigenvalue weighted by Gasteiger charge is -2.11. The Balaban J connectivity index is 1.43. The van der Waals surface area contributed by atoms with E-state index in [1.165, 1.54) is 12.1 Å². The molecule has 0 saturated carbocycles. The smallest absolute Gasteiger partial charge is 0.387 e. The largest absolute Gasteiger partial charge is 0.435 e. The van der Waals surface area contributed by atoms with E-state index in [0.717, 1.165) is 67.6 Å². The Morgan fingerprint density at radius 1 is 0.971 bits per heavy atom. The third kappa shape index (κ3) is 6.37. The average Bonchev–Trinajstić information content (AvgIpc) is 3.06. The fourth-order valence-corrected chi connectivity index (χ4v) is 3.78. The quantitative estimate of drug-likeness (QED) is 0.332. The Morgan fingerprint density at radius 3 is 2.49 bits per heavy atom. The molecule has 0 bridgehead atoms. The third-order valence-electron chi connectivity index (χ3n) is 5.36. The maximum absolute atomic E-state index is 12.7. The van der Waals surface area contributed by atoms with Gasteiger partial charge in [-0.15, -0.1) is 10.2 Å². The van der Waals surface area contributed by atoms with Gasteiger partial charge in [-0.1, -0.05) is 6.42 Å². The molecule has 4 rings (SSSR count). The van der Waals surface area contributed by atoms with Gasteiger partial charge in [-0.2, -0.15) is 17.6 Å². The minimum atomic E-state index is -3.18. The van der Waals surface area contributed by atoms with Crippen LogP contribution in [-0.4, -0.2) is 33.9 Å². The molecule has 0 saturated heterocycles. The SMILES string of the molecule is O=C(/C=C/c1ccc(OC(F)F)cc1OC(F)F)Nc1ccc(-c2nnc3n2CCCCC3)cc1. The van der Waals surface area contributed by atoms with Crippen LogP contribution in [0.4, 0.5) is 23.2 Å². The van der Waals surface area contributed by atoms with Gasteiger partial charge in [-0.05, 0) is 55.3 Å². The Morgan fingerprint density at radius 2 is 1.74 bits per heavy atom. The number of nitrogens with one attached hydrogen (secondary N) is 1. The second-order valence-corrected chi connectivity index (χ2v) is 7.76. The van der Waals surface area contributed by atoms with Crippen LogP contribution in [0.5, 0.6) is 11.5 Å². The molecule has 1 amide bonds. The summed E-state index contributed by atoms with van der Waals surface area (Å²) in [6.45, 7) is -5.43. The first-order valence-electron chi connectivity index (χ1n) is 10.9. The van der Waals surface area contributed by atoms with Crippen molar-refractivity contribution in [2.75, 3.05) is 5.32 Å². The molecule has 1 aliphatic heterocycles. The molecule has 2 aromatic carbocycles. The zero-order chi connectivity index (χ0) is 24.8. The first kappa shape index (κ1) is 24.2. The topological polar surface area (TPSA) is 78.3 Å². The van der Waals surface area contributed by atoms with Gasteiger partial charge >= 0.3 is 13.2 Å². The number of halogens is 4. The molecule has 0 fully saturated rings. The van der Waals surface area contributed by atoms with Gasteiger partial charge in [0.1, 0.15) is 17.3 Å². The number of rotatable bonds is 8. The lowest BCUT2D eigenvalue weighted by atomic mass is 10.1. The van der Waals surface area contributed by atoms with Crippen molar-refractivity contribution in [1.82, 2.24) is 14.8 Å². The number of amides is 1. The molecule has 7 nitrogen and oxygen atoms in total. The van der Waals surface area contributed by atoms with Crippen LogP contribution in [0.15, 0.2) is 48.5 Å². The van der Waals surface area contributed by atoms with E-state index in [4.69, 9.17) is 0 Å². The minimum absolute atomic E-state index is 0.0879. The van der Waals surface area contributed by atoms with Gasteiger partial charge in [0.05, 0.1) is 0 Å². The molecule has 11 heteroatoms. The van der Waals surface area contributed by atoms with Gasteiger partial charge in [0, 0.05) is 41.9 Å². The van der Waals surface area contributed by atoms with Crippen molar-refractivity contribution in [2.45, 2.75) is 45.5 Å². The Hall–Kier alpha value is -3.89. The zero-order valence-corrected chi connectivity index (χ0v) is 18.5. The molecule has 0 radical (unpaired) electrons. The van der Waals surface area contributed by atoms with Crippen LogP contribution in [0.2, 0.25) is 0 Å². The van der Waals surface area contributed by atoms with Gasteiger partial charge in [0.2, 0.25) is 5.91 Å². The van der Waals surface area contributed by atoms with Crippen molar-refractivity contribution in [1.29, 1.82) is 0 Å². The van der Waals surface area contributed by atoms with Crippen LogP contribution in [0.3, 0.4) is 0 Å². The summed E-state index contributed by atoms with van der Waals surface area (Å²) in [6, 6.07) is 10.4. The van der Waals surface area contributed by atoms with E-state index >= 15 is 0 Å². The number of aromatic nitrogens is 3. The van der Waals surface area contributed by atoms with Crippen molar-refractivity contribution < 1.29 is 31.8 Å². The van der Waals surface area contributed by atoms with E-state index in [1.54, 1.807) is 12.1 Å². The molecule has 35 heavy (non-hydrogen) atoms. The summed E-state index contributed by atoms with van der Waals surface area (Å²) in [5, 5.41) is 11.3. The highest BCUT2D eigenvalue weighted by Gasteiger charge is 2.16. The van der Waals surface area contributed by atoms with Gasteiger partial charge in [0.25, 0.3) is 0 Å².